The molecule has 3 heteroatoms. The number of benzene rings is 1. The van der Waals surface area contributed by atoms with Crippen LogP contribution >= 0.6 is 11.8 Å². The van der Waals surface area contributed by atoms with Gasteiger partial charge in [-0.05, 0) is 24.6 Å². The monoisotopic (exact) mass is 209 g/mol. The number of nitrogens with two attached hydrogens (primary N) is 1. The molecule has 0 bridgehead atoms. The van der Waals surface area contributed by atoms with Gasteiger partial charge < -0.3 is 10.5 Å². The molecule has 1 aromatic carbocycles. The van der Waals surface area contributed by atoms with Gasteiger partial charge in [0, 0.05) is 10.9 Å². The molecule has 76 valence electrons. The Kier molecular flexibility index (Phi) is 2.99. The van der Waals surface area contributed by atoms with Gasteiger partial charge in [-0.1, -0.05) is 12.1 Å². The van der Waals surface area contributed by atoms with Crippen LogP contribution in [-0.2, 0) is 4.74 Å². The van der Waals surface area contributed by atoms with Crippen LogP contribution in [0, 0.1) is 0 Å². The molecule has 1 aliphatic heterocycles. The van der Waals surface area contributed by atoms with Crippen molar-refractivity contribution in [2.24, 2.45) is 0 Å². The highest BCUT2D eigenvalue weighted by atomic mass is 32.2. The lowest BCUT2D eigenvalue weighted by Gasteiger charge is -2.28. The van der Waals surface area contributed by atoms with Crippen LogP contribution in [0.2, 0.25) is 0 Å². The first-order chi connectivity index (χ1) is 6.75. The van der Waals surface area contributed by atoms with E-state index in [4.69, 9.17) is 10.5 Å². The summed E-state index contributed by atoms with van der Waals surface area (Å²) in [6, 6.07) is 8.13. The van der Waals surface area contributed by atoms with Gasteiger partial charge >= 0.3 is 0 Å². The minimum atomic E-state index is 0.532. The van der Waals surface area contributed by atoms with Gasteiger partial charge in [0.15, 0.2) is 0 Å². The number of thioether (sulfide) groups is 1. The molecule has 1 aromatic rings. The van der Waals surface area contributed by atoms with E-state index in [1.165, 1.54) is 5.56 Å². The Bertz CT molecular complexity index is 295. The van der Waals surface area contributed by atoms with Crippen molar-refractivity contribution >= 4 is 17.4 Å². The lowest BCUT2D eigenvalue weighted by Crippen LogP contribution is -2.30. The van der Waals surface area contributed by atoms with Crippen molar-refractivity contribution in [3.05, 3.63) is 29.8 Å². The molecular formula is C11H15NOS. The fourth-order valence-corrected chi connectivity index (χ4v) is 2.67. The number of nitrogen functional groups attached to an aromatic ring is 1. The number of hydrogen-bond acceptors (Lipinski definition) is 3. The van der Waals surface area contributed by atoms with Crippen molar-refractivity contribution in [2.75, 3.05) is 18.9 Å². The van der Waals surface area contributed by atoms with Crippen LogP contribution in [0.4, 0.5) is 5.69 Å². The smallest absolute Gasteiger partial charge is 0.0608 e. The lowest BCUT2D eigenvalue weighted by atomic mass is 10.1. The molecule has 1 unspecified atom stereocenters. The van der Waals surface area contributed by atoms with Gasteiger partial charge in [0.2, 0.25) is 0 Å². The number of hydrogen-bond donors (Lipinski definition) is 1. The van der Waals surface area contributed by atoms with Crippen LogP contribution in [0.15, 0.2) is 24.3 Å². The van der Waals surface area contributed by atoms with Crippen LogP contribution in [0.3, 0.4) is 0 Å². The normalized spacial score (nSPS) is 18.9. The number of ether oxygens (including phenoxy) is 1. The predicted molar refractivity (Wildman–Crippen MR) is 61.5 cm³/mol. The summed E-state index contributed by atoms with van der Waals surface area (Å²) in [5.41, 5.74) is 7.81. The minimum absolute atomic E-state index is 0.532. The summed E-state index contributed by atoms with van der Waals surface area (Å²) >= 11 is 1.98. The molecule has 1 fully saturated rings. The zero-order valence-corrected chi connectivity index (χ0v) is 9.09. The van der Waals surface area contributed by atoms with Crippen molar-refractivity contribution in [1.29, 1.82) is 0 Å². The van der Waals surface area contributed by atoms with E-state index in [2.05, 4.69) is 19.1 Å². The van der Waals surface area contributed by atoms with Gasteiger partial charge in [0.25, 0.3) is 0 Å². The summed E-state index contributed by atoms with van der Waals surface area (Å²) in [4.78, 5) is 0. The molecular weight excluding hydrogens is 194 g/mol. The fourth-order valence-electron chi connectivity index (χ4n) is 1.43. The molecule has 0 aromatic heterocycles. The molecule has 0 spiro atoms. The summed E-state index contributed by atoms with van der Waals surface area (Å²) in [5, 5.41) is 1.21. The fraction of sp³-hybridized carbons (Fsp3) is 0.455. The molecule has 2 rings (SSSR count). The Labute approximate surface area is 88.8 Å². The first-order valence-electron chi connectivity index (χ1n) is 4.84. The van der Waals surface area contributed by atoms with Crippen LogP contribution in [0.5, 0.6) is 0 Å². The zero-order chi connectivity index (χ0) is 9.97. The van der Waals surface area contributed by atoms with Gasteiger partial charge in [-0.15, -0.1) is 11.8 Å². The summed E-state index contributed by atoms with van der Waals surface area (Å²) in [5.74, 6) is 0. The molecule has 1 aliphatic rings. The van der Waals surface area contributed by atoms with Crippen molar-refractivity contribution in [2.45, 2.75) is 17.4 Å². The zero-order valence-electron chi connectivity index (χ0n) is 8.27. The van der Waals surface area contributed by atoms with E-state index in [1.807, 2.05) is 23.9 Å². The second-order valence-corrected chi connectivity index (χ2v) is 5.25. The van der Waals surface area contributed by atoms with Crippen LogP contribution in [0.1, 0.15) is 17.7 Å². The quantitative estimate of drug-likeness (QED) is 0.777. The number of rotatable bonds is 3. The van der Waals surface area contributed by atoms with Crippen molar-refractivity contribution in [3.63, 3.8) is 0 Å². The molecule has 1 saturated heterocycles. The summed E-state index contributed by atoms with van der Waals surface area (Å²) in [6.45, 7) is 4.04. The average molecular weight is 209 g/mol. The Morgan fingerprint density at radius 3 is 2.50 bits per heavy atom. The van der Waals surface area contributed by atoms with Crippen molar-refractivity contribution < 1.29 is 4.74 Å². The summed E-state index contributed by atoms with van der Waals surface area (Å²) in [6.07, 6.45) is 0. The minimum Gasteiger partial charge on any atom is -0.399 e. The number of anilines is 1. The maximum absolute atomic E-state index is 5.64. The van der Waals surface area contributed by atoms with E-state index in [9.17, 15) is 0 Å². The second kappa shape index (κ2) is 4.24. The average Bonchev–Trinajstić information content (AvgIpc) is 2.12. The lowest BCUT2D eigenvalue weighted by molar-refractivity contribution is 0.0453. The Balaban J connectivity index is 1.95. The third kappa shape index (κ3) is 2.22. The van der Waals surface area contributed by atoms with Gasteiger partial charge in [0.05, 0.1) is 18.5 Å². The maximum Gasteiger partial charge on any atom is 0.0608 e. The molecule has 2 N–H and O–H groups in total. The molecule has 0 radical (unpaired) electrons. The van der Waals surface area contributed by atoms with E-state index in [1.54, 1.807) is 0 Å². The first kappa shape index (κ1) is 9.87. The summed E-state index contributed by atoms with van der Waals surface area (Å²) in [7, 11) is 0. The highest BCUT2D eigenvalue weighted by Gasteiger charge is 2.21. The molecule has 0 amide bonds. The molecule has 0 saturated carbocycles. The summed E-state index contributed by atoms with van der Waals surface area (Å²) < 4.78 is 5.15. The topological polar surface area (TPSA) is 35.2 Å². The van der Waals surface area contributed by atoms with Gasteiger partial charge in [0.1, 0.15) is 0 Å². The highest BCUT2D eigenvalue weighted by Crippen LogP contribution is 2.34. The molecule has 0 aliphatic carbocycles. The van der Waals surface area contributed by atoms with Crippen molar-refractivity contribution in [3.8, 4) is 0 Å². The molecule has 1 atom stereocenters. The predicted octanol–water partition coefficient (Wildman–Crippen LogP) is 2.46. The standard InChI is InChI=1S/C11H15NOS/c1-8(14-11-6-13-7-11)9-2-4-10(12)5-3-9/h2-5,8,11H,6-7,12H2,1H3. The van der Waals surface area contributed by atoms with Crippen LogP contribution in [-0.4, -0.2) is 18.5 Å². The third-order valence-electron chi connectivity index (χ3n) is 2.41. The van der Waals surface area contributed by atoms with E-state index >= 15 is 0 Å². The molecule has 2 nitrogen and oxygen atoms in total. The molecule has 1 heterocycles. The van der Waals surface area contributed by atoms with E-state index in [0.717, 1.165) is 18.9 Å². The maximum atomic E-state index is 5.64. The van der Waals surface area contributed by atoms with Crippen LogP contribution in [0.25, 0.3) is 0 Å². The van der Waals surface area contributed by atoms with Gasteiger partial charge in [-0.2, -0.15) is 0 Å². The second-order valence-electron chi connectivity index (χ2n) is 3.60. The van der Waals surface area contributed by atoms with Gasteiger partial charge in [-0.3, -0.25) is 0 Å². The first-order valence-corrected chi connectivity index (χ1v) is 5.78. The van der Waals surface area contributed by atoms with Crippen molar-refractivity contribution in [1.82, 2.24) is 0 Å². The largest absolute Gasteiger partial charge is 0.399 e. The highest BCUT2D eigenvalue weighted by molar-refractivity contribution is 8.00. The van der Waals surface area contributed by atoms with E-state index in [-0.39, 0.29) is 0 Å². The third-order valence-corrected chi connectivity index (χ3v) is 3.75. The van der Waals surface area contributed by atoms with Gasteiger partial charge in [-0.25, -0.2) is 0 Å². The Hall–Kier alpha value is -0.670. The van der Waals surface area contributed by atoms with Crippen LogP contribution < -0.4 is 5.73 Å². The SMILES string of the molecule is CC(SC1COC1)c1ccc(N)cc1. The Morgan fingerprint density at radius 2 is 2.00 bits per heavy atom. The molecule has 14 heavy (non-hydrogen) atoms. The Morgan fingerprint density at radius 1 is 1.36 bits per heavy atom. The van der Waals surface area contributed by atoms with E-state index < -0.39 is 0 Å². The van der Waals surface area contributed by atoms with E-state index in [0.29, 0.717) is 10.5 Å².